The normalized spacial score (nSPS) is 11.8. The zero-order valence-corrected chi connectivity index (χ0v) is 7.93. The number of methoxy groups -OCH3 is 1. The first kappa shape index (κ1) is 10.3. The van der Waals surface area contributed by atoms with Gasteiger partial charge in [0.25, 0.3) is 0 Å². The minimum Gasteiger partial charge on any atom is -0.497 e. The average Bonchev–Trinajstić information content (AvgIpc) is 2.19. The first-order chi connectivity index (χ1) is 6.69. The number of ether oxygens (including phenoxy) is 1. The average molecular weight is 192 g/mol. The van der Waals surface area contributed by atoms with Gasteiger partial charge in [0.05, 0.1) is 13.0 Å². The van der Waals surface area contributed by atoms with Crippen LogP contribution in [0.2, 0.25) is 0 Å². The fraction of sp³-hybridized carbons (Fsp3) is 0.182. The molecule has 0 aromatic heterocycles. The van der Waals surface area contributed by atoms with Crippen LogP contribution in [0.25, 0.3) is 0 Å². The maximum atomic E-state index is 10.8. The van der Waals surface area contributed by atoms with E-state index < -0.39 is 11.9 Å². The molecule has 3 heteroatoms. The van der Waals surface area contributed by atoms with E-state index in [9.17, 15) is 4.79 Å². The Morgan fingerprint density at radius 1 is 1.50 bits per heavy atom. The second kappa shape index (κ2) is 4.46. The maximum Gasteiger partial charge on any atom is 0.314 e. The van der Waals surface area contributed by atoms with E-state index in [-0.39, 0.29) is 0 Å². The number of hydrogen-bond donors (Lipinski definition) is 1. The van der Waals surface area contributed by atoms with E-state index in [1.54, 1.807) is 31.4 Å². The standard InChI is InChI=1S/C11H12O3/c1-3-10(11(12)13)8-4-6-9(14-2)7-5-8/h3-7,10H,1H2,2H3,(H,12,13). The summed E-state index contributed by atoms with van der Waals surface area (Å²) in [5, 5.41) is 8.85. The molecule has 0 aliphatic rings. The topological polar surface area (TPSA) is 46.5 Å². The van der Waals surface area contributed by atoms with Crippen LogP contribution < -0.4 is 4.74 Å². The van der Waals surface area contributed by atoms with Gasteiger partial charge in [-0.2, -0.15) is 0 Å². The summed E-state index contributed by atoms with van der Waals surface area (Å²) in [5.41, 5.74) is 0.702. The molecule has 0 saturated carbocycles. The number of carbonyl (C=O) groups is 1. The Labute approximate surface area is 82.6 Å². The highest BCUT2D eigenvalue weighted by atomic mass is 16.5. The summed E-state index contributed by atoms with van der Waals surface area (Å²) in [5.74, 6) is -0.840. The van der Waals surface area contributed by atoms with Crippen molar-refractivity contribution in [2.75, 3.05) is 7.11 Å². The van der Waals surface area contributed by atoms with Crippen molar-refractivity contribution in [3.8, 4) is 5.75 Å². The lowest BCUT2D eigenvalue weighted by atomic mass is 10.00. The Balaban J connectivity index is 2.94. The molecule has 0 radical (unpaired) electrons. The molecule has 0 amide bonds. The zero-order valence-electron chi connectivity index (χ0n) is 7.93. The van der Waals surface area contributed by atoms with Gasteiger partial charge in [-0.15, -0.1) is 6.58 Å². The van der Waals surface area contributed by atoms with Gasteiger partial charge in [0.2, 0.25) is 0 Å². The maximum absolute atomic E-state index is 10.8. The summed E-state index contributed by atoms with van der Waals surface area (Å²) in [4.78, 5) is 10.8. The summed E-state index contributed by atoms with van der Waals surface area (Å²) < 4.78 is 4.97. The van der Waals surface area contributed by atoms with Gasteiger partial charge in [0.1, 0.15) is 5.75 Å². The van der Waals surface area contributed by atoms with Crippen molar-refractivity contribution in [1.29, 1.82) is 0 Å². The first-order valence-electron chi connectivity index (χ1n) is 4.18. The summed E-state index contributed by atoms with van der Waals surface area (Å²) >= 11 is 0. The van der Waals surface area contributed by atoms with Crippen molar-refractivity contribution in [2.24, 2.45) is 0 Å². The number of benzene rings is 1. The van der Waals surface area contributed by atoms with E-state index in [1.165, 1.54) is 6.08 Å². The van der Waals surface area contributed by atoms with E-state index in [2.05, 4.69) is 6.58 Å². The molecule has 1 unspecified atom stereocenters. The van der Waals surface area contributed by atoms with Crippen LogP contribution in [0.5, 0.6) is 5.75 Å². The third kappa shape index (κ3) is 2.13. The predicted octanol–water partition coefficient (Wildman–Crippen LogP) is 2.05. The van der Waals surface area contributed by atoms with Crippen LogP contribution in [0.4, 0.5) is 0 Å². The number of rotatable bonds is 4. The molecule has 0 fully saturated rings. The smallest absolute Gasteiger partial charge is 0.314 e. The Morgan fingerprint density at radius 3 is 2.43 bits per heavy atom. The lowest BCUT2D eigenvalue weighted by Gasteiger charge is -2.07. The molecule has 0 aliphatic heterocycles. The van der Waals surface area contributed by atoms with Gasteiger partial charge in [-0.05, 0) is 17.7 Å². The molecular weight excluding hydrogens is 180 g/mol. The van der Waals surface area contributed by atoms with E-state index in [1.807, 2.05) is 0 Å². The summed E-state index contributed by atoms with van der Waals surface area (Å²) in [7, 11) is 1.57. The van der Waals surface area contributed by atoms with Crippen LogP contribution >= 0.6 is 0 Å². The van der Waals surface area contributed by atoms with E-state index in [0.29, 0.717) is 11.3 Å². The van der Waals surface area contributed by atoms with Crippen molar-refractivity contribution < 1.29 is 14.6 Å². The quantitative estimate of drug-likeness (QED) is 0.742. The molecule has 0 spiro atoms. The van der Waals surface area contributed by atoms with Gasteiger partial charge >= 0.3 is 5.97 Å². The molecular formula is C11H12O3. The third-order valence-corrected chi connectivity index (χ3v) is 1.98. The van der Waals surface area contributed by atoms with E-state index in [4.69, 9.17) is 9.84 Å². The summed E-state index contributed by atoms with van der Waals surface area (Å²) in [6, 6.07) is 6.90. The molecule has 1 aromatic carbocycles. The minimum atomic E-state index is -0.898. The SMILES string of the molecule is C=CC(C(=O)O)c1ccc(OC)cc1. The molecule has 0 aliphatic carbocycles. The Bertz CT molecular complexity index is 327. The van der Waals surface area contributed by atoms with Gasteiger partial charge < -0.3 is 9.84 Å². The predicted molar refractivity (Wildman–Crippen MR) is 53.6 cm³/mol. The molecule has 0 bridgehead atoms. The second-order valence-electron chi connectivity index (χ2n) is 2.82. The monoisotopic (exact) mass is 192 g/mol. The lowest BCUT2D eigenvalue weighted by molar-refractivity contribution is -0.137. The third-order valence-electron chi connectivity index (χ3n) is 1.98. The Morgan fingerprint density at radius 2 is 2.07 bits per heavy atom. The van der Waals surface area contributed by atoms with E-state index >= 15 is 0 Å². The van der Waals surface area contributed by atoms with Gasteiger partial charge in [-0.3, -0.25) is 4.79 Å². The first-order valence-corrected chi connectivity index (χ1v) is 4.18. The number of aliphatic carboxylic acids is 1. The van der Waals surface area contributed by atoms with Crippen molar-refractivity contribution in [3.63, 3.8) is 0 Å². The van der Waals surface area contributed by atoms with E-state index in [0.717, 1.165) is 0 Å². The minimum absolute atomic E-state index is 0.652. The molecule has 1 N–H and O–H groups in total. The fourth-order valence-electron chi connectivity index (χ4n) is 1.19. The van der Waals surface area contributed by atoms with Gasteiger partial charge in [-0.25, -0.2) is 0 Å². The van der Waals surface area contributed by atoms with Crippen LogP contribution in [0.15, 0.2) is 36.9 Å². The second-order valence-corrected chi connectivity index (χ2v) is 2.82. The van der Waals surface area contributed by atoms with Crippen molar-refractivity contribution in [1.82, 2.24) is 0 Å². The van der Waals surface area contributed by atoms with Crippen molar-refractivity contribution >= 4 is 5.97 Å². The molecule has 14 heavy (non-hydrogen) atoms. The molecule has 1 atom stereocenters. The van der Waals surface area contributed by atoms with Gasteiger partial charge in [0.15, 0.2) is 0 Å². The highest BCUT2D eigenvalue weighted by Gasteiger charge is 2.15. The molecule has 3 nitrogen and oxygen atoms in total. The van der Waals surface area contributed by atoms with Crippen molar-refractivity contribution in [2.45, 2.75) is 5.92 Å². The molecule has 74 valence electrons. The van der Waals surface area contributed by atoms with Gasteiger partial charge in [0, 0.05) is 0 Å². The van der Waals surface area contributed by atoms with Gasteiger partial charge in [-0.1, -0.05) is 18.2 Å². The summed E-state index contributed by atoms with van der Waals surface area (Å²) in [6.45, 7) is 3.49. The Kier molecular flexibility index (Phi) is 3.29. The highest BCUT2D eigenvalue weighted by Crippen LogP contribution is 2.20. The van der Waals surface area contributed by atoms with Crippen LogP contribution in [-0.4, -0.2) is 18.2 Å². The molecule has 0 saturated heterocycles. The summed E-state index contributed by atoms with van der Waals surface area (Å²) in [6.07, 6.45) is 1.41. The van der Waals surface area contributed by atoms with Crippen LogP contribution in [-0.2, 0) is 4.79 Å². The van der Waals surface area contributed by atoms with Crippen molar-refractivity contribution in [3.05, 3.63) is 42.5 Å². The zero-order chi connectivity index (χ0) is 10.6. The number of carboxylic acid groups (broad SMARTS) is 1. The largest absolute Gasteiger partial charge is 0.497 e. The lowest BCUT2D eigenvalue weighted by Crippen LogP contribution is -2.08. The molecule has 1 aromatic rings. The number of hydrogen-bond acceptors (Lipinski definition) is 2. The fourth-order valence-corrected chi connectivity index (χ4v) is 1.19. The molecule has 0 heterocycles. The highest BCUT2D eigenvalue weighted by molar-refractivity contribution is 5.78. The van der Waals surface area contributed by atoms with Crippen LogP contribution in [0.1, 0.15) is 11.5 Å². The number of carboxylic acids is 1. The molecule has 1 rings (SSSR count). The van der Waals surface area contributed by atoms with Crippen LogP contribution in [0, 0.1) is 0 Å². The Hall–Kier alpha value is -1.77. The van der Waals surface area contributed by atoms with Crippen LogP contribution in [0.3, 0.4) is 0 Å².